The molecule has 1 fully saturated rings. The summed E-state index contributed by atoms with van der Waals surface area (Å²) < 4.78 is 54.0. The van der Waals surface area contributed by atoms with Crippen LogP contribution in [0, 0.1) is 0 Å². The number of aliphatic hydroxyl groups is 1. The van der Waals surface area contributed by atoms with Gasteiger partial charge in [-0.1, -0.05) is 6.07 Å². The van der Waals surface area contributed by atoms with Crippen molar-refractivity contribution in [3.05, 3.63) is 24.3 Å². The summed E-state index contributed by atoms with van der Waals surface area (Å²) in [6.07, 6.45) is 0. The lowest BCUT2D eigenvalue weighted by molar-refractivity contribution is 0.0109. The van der Waals surface area contributed by atoms with Crippen LogP contribution in [0.15, 0.2) is 34.1 Å². The summed E-state index contributed by atoms with van der Waals surface area (Å²) in [6, 6.07) is 4.13. The van der Waals surface area contributed by atoms with Gasteiger partial charge >= 0.3 is 0 Å². The van der Waals surface area contributed by atoms with Crippen LogP contribution in [-0.2, 0) is 24.8 Å². The fourth-order valence-corrected chi connectivity index (χ4v) is 4.31. The zero-order chi connectivity index (χ0) is 15.7. The average molecular weight is 336 g/mol. The number of ether oxygens (including phenoxy) is 1. The van der Waals surface area contributed by atoms with Crippen molar-refractivity contribution in [2.75, 3.05) is 26.4 Å². The predicted octanol–water partition coefficient (Wildman–Crippen LogP) is -1.28. The van der Waals surface area contributed by atoms with E-state index in [1.54, 1.807) is 0 Å². The highest BCUT2D eigenvalue weighted by Gasteiger charge is 2.34. The predicted molar refractivity (Wildman–Crippen MR) is 73.4 cm³/mol. The van der Waals surface area contributed by atoms with Gasteiger partial charge in [0.15, 0.2) is 0 Å². The second-order valence-corrected chi connectivity index (χ2v) is 8.00. The van der Waals surface area contributed by atoms with Gasteiger partial charge in [-0.15, -0.1) is 0 Å². The maximum absolute atomic E-state index is 12.6. The van der Waals surface area contributed by atoms with Gasteiger partial charge in [0.2, 0.25) is 20.0 Å². The van der Waals surface area contributed by atoms with Crippen LogP contribution in [0.25, 0.3) is 0 Å². The van der Waals surface area contributed by atoms with Gasteiger partial charge in [-0.3, -0.25) is 0 Å². The van der Waals surface area contributed by atoms with Gasteiger partial charge < -0.3 is 9.84 Å². The lowest BCUT2D eigenvalue weighted by atomic mass is 10.3. The van der Waals surface area contributed by atoms with Crippen LogP contribution in [0.4, 0.5) is 0 Å². The van der Waals surface area contributed by atoms with Crippen LogP contribution < -0.4 is 5.14 Å². The molecule has 0 spiro atoms. The van der Waals surface area contributed by atoms with E-state index in [2.05, 4.69) is 0 Å². The Morgan fingerprint density at radius 1 is 1.29 bits per heavy atom. The van der Waals surface area contributed by atoms with E-state index in [0.717, 1.165) is 10.4 Å². The van der Waals surface area contributed by atoms with Gasteiger partial charge in [-0.05, 0) is 18.2 Å². The summed E-state index contributed by atoms with van der Waals surface area (Å²) in [5, 5.41) is 14.3. The molecule has 0 aromatic heterocycles. The van der Waals surface area contributed by atoms with E-state index in [9.17, 15) is 21.9 Å². The van der Waals surface area contributed by atoms with E-state index in [-0.39, 0.29) is 36.2 Å². The Morgan fingerprint density at radius 2 is 1.95 bits per heavy atom. The number of nitrogens with zero attached hydrogens (tertiary/aromatic N) is 1. The topological polar surface area (TPSA) is 127 Å². The zero-order valence-electron chi connectivity index (χ0n) is 11.0. The summed E-state index contributed by atoms with van der Waals surface area (Å²) in [5.41, 5.74) is 0. The minimum atomic E-state index is -3.99. The van der Waals surface area contributed by atoms with Crippen LogP contribution in [-0.4, -0.2) is 58.7 Å². The highest BCUT2D eigenvalue weighted by molar-refractivity contribution is 7.90. The molecule has 1 aliphatic rings. The molecule has 8 nitrogen and oxygen atoms in total. The first kappa shape index (κ1) is 16.3. The maximum atomic E-state index is 12.6. The Bertz CT molecular complexity index is 716. The Morgan fingerprint density at radius 3 is 2.57 bits per heavy atom. The number of benzene rings is 1. The molecule has 2 rings (SSSR count). The Labute approximate surface area is 123 Å². The van der Waals surface area contributed by atoms with Gasteiger partial charge in [0, 0.05) is 6.54 Å². The molecule has 118 valence electrons. The third kappa shape index (κ3) is 3.42. The smallest absolute Gasteiger partial charge is 0.243 e. The number of hydrogen-bond donors (Lipinski definition) is 2. The lowest BCUT2D eigenvalue weighted by Crippen LogP contribution is -2.50. The molecular weight excluding hydrogens is 320 g/mol. The number of sulfonamides is 2. The van der Waals surface area contributed by atoms with Crippen LogP contribution in [0.1, 0.15) is 0 Å². The molecule has 1 aromatic rings. The number of nitrogens with two attached hydrogens (primary N) is 1. The van der Waals surface area contributed by atoms with Gasteiger partial charge in [-0.25, -0.2) is 22.0 Å². The Kier molecular flexibility index (Phi) is 4.66. The van der Waals surface area contributed by atoms with Gasteiger partial charge in [0.05, 0.1) is 35.7 Å². The van der Waals surface area contributed by atoms with Gasteiger partial charge in [-0.2, -0.15) is 4.31 Å². The van der Waals surface area contributed by atoms with Crippen molar-refractivity contribution in [2.45, 2.75) is 15.8 Å². The van der Waals surface area contributed by atoms with E-state index >= 15 is 0 Å². The molecule has 1 atom stereocenters. The second kappa shape index (κ2) is 5.99. The van der Waals surface area contributed by atoms with Crippen LogP contribution in [0.5, 0.6) is 0 Å². The first-order valence-corrected chi connectivity index (χ1v) is 9.09. The standard InChI is InChI=1S/C11H16N2O6S2/c12-20(15,16)10-2-1-3-11(6-10)21(17,18)13-4-5-19-8-9(13)7-14/h1-3,6,9,14H,4-5,7-8H2,(H2,12,15,16). The lowest BCUT2D eigenvalue weighted by Gasteiger charge is -2.33. The van der Waals surface area contributed by atoms with E-state index in [1.165, 1.54) is 18.2 Å². The van der Waals surface area contributed by atoms with Crippen LogP contribution in [0.2, 0.25) is 0 Å². The van der Waals surface area contributed by atoms with Crippen molar-refractivity contribution < 1.29 is 26.7 Å². The summed E-state index contributed by atoms with van der Waals surface area (Å²) >= 11 is 0. The SMILES string of the molecule is NS(=O)(=O)c1cccc(S(=O)(=O)N2CCOCC2CO)c1. The van der Waals surface area contributed by atoms with Crippen molar-refractivity contribution in [3.8, 4) is 0 Å². The van der Waals surface area contributed by atoms with Crippen molar-refractivity contribution in [1.29, 1.82) is 0 Å². The number of aliphatic hydroxyl groups excluding tert-OH is 1. The molecule has 0 saturated carbocycles. The van der Waals surface area contributed by atoms with Crippen molar-refractivity contribution in [1.82, 2.24) is 4.31 Å². The average Bonchev–Trinajstić information content (AvgIpc) is 2.46. The quantitative estimate of drug-likeness (QED) is 0.705. The molecule has 1 heterocycles. The zero-order valence-corrected chi connectivity index (χ0v) is 12.7. The fraction of sp³-hybridized carbons (Fsp3) is 0.455. The van der Waals surface area contributed by atoms with Gasteiger partial charge in [0.25, 0.3) is 0 Å². The summed E-state index contributed by atoms with van der Waals surface area (Å²) in [7, 11) is -7.93. The fourth-order valence-electron chi connectivity index (χ4n) is 2.05. The molecule has 1 aliphatic heterocycles. The molecule has 1 saturated heterocycles. The van der Waals surface area contributed by atoms with Crippen molar-refractivity contribution in [3.63, 3.8) is 0 Å². The van der Waals surface area contributed by atoms with E-state index < -0.39 is 26.1 Å². The minimum absolute atomic E-state index is 0.0879. The number of hydrogen-bond acceptors (Lipinski definition) is 6. The van der Waals surface area contributed by atoms with Crippen LogP contribution in [0.3, 0.4) is 0 Å². The number of rotatable bonds is 4. The molecule has 1 aromatic carbocycles. The molecule has 10 heteroatoms. The van der Waals surface area contributed by atoms with Crippen LogP contribution >= 0.6 is 0 Å². The van der Waals surface area contributed by atoms with E-state index in [4.69, 9.17) is 9.88 Å². The van der Waals surface area contributed by atoms with Gasteiger partial charge in [0.1, 0.15) is 0 Å². The summed E-state index contributed by atoms with van der Waals surface area (Å²) in [4.78, 5) is -0.466. The second-order valence-electron chi connectivity index (χ2n) is 4.55. The van der Waals surface area contributed by atoms with E-state index in [0.29, 0.717) is 0 Å². The third-order valence-electron chi connectivity index (χ3n) is 3.12. The molecule has 0 amide bonds. The molecule has 0 radical (unpaired) electrons. The summed E-state index contributed by atoms with van der Waals surface area (Å²) in [5.74, 6) is 0. The van der Waals surface area contributed by atoms with Crippen molar-refractivity contribution in [2.24, 2.45) is 5.14 Å². The molecule has 21 heavy (non-hydrogen) atoms. The minimum Gasteiger partial charge on any atom is -0.395 e. The highest BCUT2D eigenvalue weighted by Crippen LogP contribution is 2.22. The van der Waals surface area contributed by atoms with Crippen molar-refractivity contribution >= 4 is 20.0 Å². The first-order valence-electron chi connectivity index (χ1n) is 6.10. The number of primary sulfonamides is 1. The maximum Gasteiger partial charge on any atom is 0.243 e. The molecule has 3 N–H and O–H groups in total. The first-order chi connectivity index (χ1) is 9.76. The molecule has 0 aliphatic carbocycles. The molecular formula is C11H16N2O6S2. The monoisotopic (exact) mass is 336 g/mol. The number of morpholine rings is 1. The molecule has 0 bridgehead atoms. The highest BCUT2D eigenvalue weighted by atomic mass is 32.2. The Balaban J connectivity index is 2.44. The largest absolute Gasteiger partial charge is 0.395 e. The molecule has 1 unspecified atom stereocenters. The summed E-state index contributed by atoms with van der Waals surface area (Å²) in [6.45, 7) is 0.0104. The van der Waals surface area contributed by atoms with E-state index in [1.807, 2.05) is 0 Å². The Hall–Kier alpha value is -1.04. The third-order valence-corrected chi connectivity index (χ3v) is 5.98. The normalized spacial score (nSPS) is 21.3.